The Balaban J connectivity index is 1.55. The number of ether oxygens (including phenoxy) is 2. The number of carbonyl (C=O) groups excluding carboxylic acids is 3. The van der Waals surface area contributed by atoms with Crippen molar-refractivity contribution in [2.75, 3.05) is 26.7 Å². The molecule has 0 radical (unpaired) electrons. The van der Waals surface area contributed by atoms with Gasteiger partial charge in [0.2, 0.25) is 6.10 Å². The summed E-state index contributed by atoms with van der Waals surface area (Å²) in [5, 5.41) is 14.8. The van der Waals surface area contributed by atoms with Crippen LogP contribution >= 0.6 is 0 Å². The lowest BCUT2D eigenvalue weighted by molar-refractivity contribution is -0.146. The molecule has 1 unspecified atom stereocenters. The minimum Gasteiger partial charge on any atom is -0.489 e. The van der Waals surface area contributed by atoms with Gasteiger partial charge in [-0.25, -0.2) is 9.80 Å². The topological polar surface area (TPSA) is 138 Å². The lowest BCUT2D eigenvalue weighted by atomic mass is 9.73. The highest BCUT2D eigenvalue weighted by molar-refractivity contribution is 6.13. The zero-order valence-corrected chi connectivity index (χ0v) is 19.2. The van der Waals surface area contributed by atoms with Gasteiger partial charge in [-0.15, -0.1) is 0 Å². The molecule has 0 bridgehead atoms. The van der Waals surface area contributed by atoms with Crippen LogP contribution in [0.2, 0.25) is 0 Å². The van der Waals surface area contributed by atoms with Crippen molar-refractivity contribution < 1.29 is 23.9 Å². The average molecular weight is 476 g/mol. The van der Waals surface area contributed by atoms with Crippen molar-refractivity contribution in [3.63, 3.8) is 0 Å². The van der Waals surface area contributed by atoms with Crippen molar-refractivity contribution in [3.05, 3.63) is 65.7 Å². The number of likely N-dealkylation sites (tertiary alicyclic amines) is 1. The first-order valence-electron chi connectivity index (χ1n) is 11.1. The Hall–Kier alpha value is -4.39. The van der Waals surface area contributed by atoms with Crippen molar-refractivity contribution in [2.24, 2.45) is 16.3 Å². The Kier molecular flexibility index (Phi) is 6.68. The van der Waals surface area contributed by atoms with Crippen LogP contribution in [0.4, 0.5) is 4.79 Å². The van der Waals surface area contributed by atoms with Gasteiger partial charge in [-0.3, -0.25) is 9.59 Å². The molecule has 10 heteroatoms. The Morgan fingerprint density at radius 3 is 2.71 bits per heavy atom. The first kappa shape index (κ1) is 23.8. The van der Waals surface area contributed by atoms with Crippen LogP contribution in [-0.2, 0) is 20.7 Å². The van der Waals surface area contributed by atoms with Crippen LogP contribution in [0.3, 0.4) is 0 Å². The predicted octanol–water partition coefficient (Wildman–Crippen LogP) is 1.69. The second-order valence-electron chi connectivity index (χ2n) is 8.51. The summed E-state index contributed by atoms with van der Waals surface area (Å²) in [5.41, 5.74) is 6.29. The standard InChI is InChI=1S/C25H25N5O5/c1-29-23(32)25(13-17-6-3-2-4-7-17)16-30(11-10-21(25)28-29)22(31)20(35-24(27)33)15-34-19-9-5-8-18(12-19)14-26/h2-9,12,20H,10-11,13,15-16H2,1H3,(H2,27,33)/t20?,25-/m1/s1. The van der Waals surface area contributed by atoms with E-state index >= 15 is 0 Å². The van der Waals surface area contributed by atoms with E-state index in [-0.39, 0.29) is 19.1 Å². The van der Waals surface area contributed by atoms with Crippen LogP contribution in [0, 0.1) is 16.7 Å². The second kappa shape index (κ2) is 9.85. The molecular weight excluding hydrogens is 450 g/mol. The van der Waals surface area contributed by atoms with Crippen molar-refractivity contribution in [3.8, 4) is 11.8 Å². The minimum atomic E-state index is -1.32. The third-order valence-electron chi connectivity index (χ3n) is 6.16. The Morgan fingerprint density at radius 2 is 2.00 bits per heavy atom. The molecule has 2 heterocycles. The summed E-state index contributed by atoms with van der Waals surface area (Å²) in [4.78, 5) is 39.8. The summed E-state index contributed by atoms with van der Waals surface area (Å²) in [6, 6.07) is 17.9. The molecule has 180 valence electrons. The zero-order chi connectivity index (χ0) is 25.0. The quantitative estimate of drug-likeness (QED) is 0.647. The molecule has 0 aromatic heterocycles. The molecular formula is C25H25N5O5. The van der Waals surface area contributed by atoms with Gasteiger partial charge in [0.15, 0.2) is 0 Å². The molecule has 1 saturated heterocycles. The fraction of sp³-hybridized carbons (Fsp3) is 0.320. The van der Waals surface area contributed by atoms with Crippen LogP contribution in [0.1, 0.15) is 17.5 Å². The van der Waals surface area contributed by atoms with Gasteiger partial charge in [0.05, 0.1) is 17.3 Å². The van der Waals surface area contributed by atoms with Crippen molar-refractivity contribution in [1.29, 1.82) is 5.26 Å². The number of hydrazone groups is 1. The van der Waals surface area contributed by atoms with Gasteiger partial charge in [0, 0.05) is 26.6 Å². The number of piperidine rings is 1. The molecule has 3 amide bonds. The molecule has 2 aliphatic rings. The number of fused-ring (bicyclic) bond motifs is 1. The van der Waals surface area contributed by atoms with E-state index in [9.17, 15) is 14.4 Å². The molecule has 35 heavy (non-hydrogen) atoms. The molecule has 2 aromatic rings. The molecule has 2 N–H and O–H groups in total. The van der Waals surface area contributed by atoms with Crippen LogP contribution < -0.4 is 10.5 Å². The highest BCUT2D eigenvalue weighted by Crippen LogP contribution is 2.38. The third-order valence-corrected chi connectivity index (χ3v) is 6.16. The number of amides is 3. The lowest BCUT2D eigenvalue weighted by Gasteiger charge is -2.40. The normalized spacial score (nSPS) is 19.9. The van der Waals surface area contributed by atoms with E-state index in [0.717, 1.165) is 11.3 Å². The van der Waals surface area contributed by atoms with Gasteiger partial charge in [0.1, 0.15) is 17.8 Å². The van der Waals surface area contributed by atoms with Gasteiger partial charge in [-0.1, -0.05) is 36.4 Å². The molecule has 4 rings (SSSR count). The highest BCUT2D eigenvalue weighted by atomic mass is 16.6. The smallest absolute Gasteiger partial charge is 0.405 e. The van der Waals surface area contributed by atoms with E-state index in [4.69, 9.17) is 20.5 Å². The molecule has 2 aliphatic heterocycles. The summed E-state index contributed by atoms with van der Waals surface area (Å²) in [6.45, 7) is 0.0940. The first-order valence-corrected chi connectivity index (χ1v) is 11.1. The molecule has 0 spiro atoms. The van der Waals surface area contributed by atoms with Gasteiger partial charge in [0.25, 0.3) is 11.8 Å². The zero-order valence-electron chi connectivity index (χ0n) is 19.2. The average Bonchev–Trinajstić information content (AvgIpc) is 3.10. The van der Waals surface area contributed by atoms with E-state index < -0.39 is 23.5 Å². The minimum absolute atomic E-state index is 0.0886. The maximum atomic E-state index is 13.4. The van der Waals surface area contributed by atoms with Crippen LogP contribution in [0.25, 0.3) is 0 Å². The molecule has 2 aromatic carbocycles. The highest BCUT2D eigenvalue weighted by Gasteiger charge is 2.54. The number of nitrogens with two attached hydrogens (primary N) is 1. The number of rotatable bonds is 7. The number of hydrogen-bond donors (Lipinski definition) is 1. The lowest BCUT2D eigenvalue weighted by Crippen LogP contribution is -2.58. The number of primary amides is 1. The van der Waals surface area contributed by atoms with Crippen LogP contribution in [0.15, 0.2) is 59.7 Å². The largest absolute Gasteiger partial charge is 0.489 e. The molecule has 0 aliphatic carbocycles. The number of nitriles is 1. The molecule has 2 atom stereocenters. The summed E-state index contributed by atoms with van der Waals surface area (Å²) in [6.07, 6.45) is -1.64. The summed E-state index contributed by atoms with van der Waals surface area (Å²) in [5.74, 6) is -0.365. The third kappa shape index (κ3) is 4.94. The van der Waals surface area contributed by atoms with E-state index in [1.807, 2.05) is 36.4 Å². The van der Waals surface area contributed by atoms with E-state index in [1.54, 1.807) is 25.2 Å². The van der Waals surface area contributed by atoms with Crippen molar-refractivity contribution >= 4 is 23.6 Å². The van der Waals surface area contributed by atoms with E-state index in [1.165, 1.54) is 16.0 Å². The molecule has 10 nitrogen and oxygen atoms in total. The summed E-state index contributed by atoms with van der Waals surface area (Å²) < 4.78 is 10.7. The Morgan fingerprint density at radius 1 is 1.23 bits per heavy atom. The number of benzene rings is 2. The van der Waals surface area contributed by atoms with Gasteiger partial charge >= 0.3 is 6.09 Å². The van der Waals surface area contributed by atoms with E-state index in [2.05, 4.69) is 5.10 Å². The fourth-order valence-electron chi connectivity index (χ4n) is 4.54. The Bertz CT molecular complexity index is 1210. The SMILES string of the molecule is CN1N=C2CCN(C(=O)C(COc3cccc(C#N)c3)OC(N)=O)C[C@@]2(Cc2ccccc2)C1=O. The summed E-state index contributed by atoms with van der Waals surface area (Å²) >= 11 is 0. The first-order chi connectivity index (χ1) is 16.8. The number of nitrogens with zero attached hydrogens (tertiary/aromatic N) is 4. The number of hydrogen-bond acceptors (Lipinski definition) is 7. The summed E-state index contributed by atoms with van der Waals surface area (Å²) in [7, 11) is 1.61. The molecule has 1 fully saturated rings. The van der Waals surface area contributed by atoms with Crippen LogP contribution in [-0.4, -0.2) is 66.4 Å². The van der Waals surface area contributed by atoms with Gasteiger partial charge in [-0.2, -0.15) is 10.4 Å². The fourth-order valence-corrected chi connectivity index (χ4v) is 4.54. The molecule has 0 saturated carbocycles. The maximum Gasteiger partial charge on any atom is 0.405 e. The van der Waals surface area contributed by atoms with Gasteiger partial charge < -0.3 is 20.1 Å². The Labute approximate surface area is 202 Å². The second-order valence-corrected chi connectivity index (χ2v) is 8.51. The van der Waals surface area contributed by atoms with E-state index in [0.29, 0.717) is 30.7 Å². The van der Waals surface area contributed by atoms with Gasteiger partial charge in [-0.05, 0) is 30.2 Å². The number of carbonyl (C=O) groups is 3. The monoisotopic (exact) mass is 475 g/mol. The maximum absolute atomic E-state index is 13.4. The predicted molar refractivity (Wildman–Crippen MR) is 125 cm³/mol. The van der Waals surface area contributed by atoms with Crippen molar-refractivity contribution in [1.82, 2.24) is 9.91 Å². The van der Waals surface area contributed by atoms with Crippen molar-refractivity contribution in [2.45, 2.75) is 18.9 Å². The van der Waals surface area contributed by atoms with Crippen LogP contribution in [0.5, 0.6) is 5.75 Å².